The van der Waals surface area contributed by atoms with Gasteiger partial charge in [0.05, 0.1) is 6.04 Å². The van der Waals surface area contributed by atoms with Crippen LogP contribution in [0.1, 0.15) is 49.4 Å². The molecule has 0 spiro atoms. The maximum Gasteiger partial charge on any atom is 0.243 e. The average molecular weight is 239 g/mol. The van der Waals surface area contributed by atoms with Crippen LogP contribution < -0.4 is 5.32 Å². The largest absolute Gasteiger partial charge is 0.338 e. The van der Waals surface area contributed by atoms with E-state index in [0.717, 1.165) is 24.7 Å². The molecule has 0 aromatic carbocycles. The molecule has 2 aliphatic heterocycles. The minimum absolute atomic E-state index is 0.305. The van der Waals surface area contributed by atoms with Gasteiger partial charge in [-0.05, 0) is 43.7 Å². The minimum Gasteiger partial charge on any atom is -0.338 e. The summed E-state index contributed by atoms with van der Waals surface area (Å²) in [4.78, 5) is 4.57. The maximum atomic E-state index is 5.37. The highest BCUT2D eigenvalue weighted by Crippen LogP contribution is 2.31. The molecule has 2 aliphatic rings. The van der Waals surface area contributed by atoms with Gasteiger partial charge in [0, 0.05) is 5.92 Å². The van der Waals surface area contributed by atoms with Gasteiger partial charge in [0.2, 0.25) is 5.89 Å². The summed E-state index contributed by atoms with van der Waals surface area (Å²) in [5.41, 5.74) is 0. The summed E-state index contributed by atoms with van der Waals surface area (Å²) in [7, 11) is 0. The zero-order valence-corrected chi connectivity index (χ0v) is 10.1. The van der Waals surface area contributed by atoms with Crippen LogP contribution in [-0.2, 0) is 0 Å². The van der Waals surface area contributed by atoms with Crippen molar-refractivity contribution in [2.75, 3.05) is 18.1 Å². The van der Waals surface area contributed by atoms with Crippen LogP contribution in [0.25, 0.3) is 0 Å². The van der Waals surface area contributed by atoms with Crippen LogP contribution in [0, 0.1) is 0 Å². The molecule has 1 N–H and O–H groups in total. The van der Waals surface area contributed by atoms with E-state index in [1.54, 1.807) is 0 Å². The summed E-state index contributed by atoms with van der Waals surface area (Å²) >= 11 is 2.03. The molecule has 1 aromatic rings. The SMILES string of the molecule is C1CNC(c2nc(C3CCSCC3)no2)C1. The Morgan fingerprint density at radius 1 is 1.25 bits per heavy atom. The first-order valence-corrected chi connectivity index (χ1v) is 7.23. The van der Waals surface area contributed by atoms with E-state index in [1.165, 1.54) is 30.8 Å². The van der Waals surface area contributed by atoms with Gasteiger partial charge in [-0.1, -0.05) is 5.16 Å². The van der Waals surface area contributed by atoms with Gasteiger partial charge in [-0.15, -0.1) is 0 Å². The quantitative estimate of drug-likeness (QED) is 0.856. The second-order valence-corrected chi connectivity index (χ2v) is 5.75. The van der Waals surface area contributed by atoms with Crippen molar-refractivity contribution in [3.05, 3.63) is 11.7 Å². The Labute approximate surface area is 99.6 Å². The topological polar surface area (TPSA) is 51.0 Å². The molecular weight excluding hydrogens is 222 g/mol. The zero-order valence-electron chi connectivity index (χ0n) is 9.32. The molecule has 1 unspecified atom stereocenters. The van der Waals surface area contributed by atoms with Gasteiger partial charge in [-0.2, -0.15) is 16.7 Å². The van der Waals surface area contributed by atoms with Crippen LogP contribution in [0.2, 0.25) is 0 Å². The fourth-order valence-electron chi connectivity index (χ4n) is 2.41. The molecule has 0 radical (unpaired) electrons. The van der Waals surface area contributed by atoms with Crippen molar-refractivity contribution in [1.82, 2.24) is 15.5 Å². The summed E-state index contributed by atoms with van der Waals surface area (Å²) in [6.45, 7) is 1.07. The molecule has 0 bridgehead atoms. The van der Waals surface area contributed by atoms with Crippen molar-refractivity contribution in [3.8, 4) is 0 Å². The molecule has 0 saturated carbocycles. The van der Waals surface area contributed by atoms with Crippen LogP contribution in [0.4, 0.5) is 0 Å². The van der Waals surface area contributed by atoms with E-state index < -0.39 is 0 Å². The Kier molecular flexibility index (Phi) is 3.15. The maximum absolute atomic E-state index is 5.37. The molecule has 0 amide bonds. The molecule has 1 atom stereocenters. The molecular formula is C11H17N3OS. The standard InChI is InChI=1S/C11H17N3OS/c1-2-9(12-5-1)11-13-10(14-15-11)8-3-6-16-7-4-8/h8-9,12H,1-7H2. The zero-order chi connectivity index (χ0) is 10.8. The van der Waals surface area contributed by atoms with Gasteiger partial charge in [-0.25, -0.2) is 0 Å². The molecule has 3 heterocycles. The Morgan fingerprint density at radius 3 is 2.88 bits per heavy atom. The van der Waals surface area contributed by atoms with Crippen molar-refractivity contribution in [2.45, 2.75) is 37.6 Å². The van der Waals surface area contributed by atoms with Crippen molar-refractivity contribution in [3.63, 3.8) is 0 Å². The molecule has 2 fully saturated rings. The Bertz CT molecular complexity index is 343. The van der Waals surface area contributed by atoms with E-state index in [2.05, 4.69) is 15.5 Å². The highest BCUT2D eigenvalue weighted by molar-refractivity contribution is 7.99. The first-order valence-electron chi connectivity index (χ1n) is 6.08. The molecule has 3 rings (SSSR count). The molecule has 88 valence electrons. The number of hydrogen-bond acceptors (Lipinski definition) is 5. The fraction of sp³-hybridized carbons (Fsp3) is 0.818. The van der Waals surface area contributed by atoms with E-state index in [4.69, 9.17) is 4.52 Å². The molecule has 16 heavy (non-hydrogen) atoms. The van der Waals surface area contributed by atoms with E-state index in [9.17, 15) is 0 Å². The van der Waals surface area contributed by atoms with E-state index in [0.29, 0.717) is 12.0 Å². The first kappa shape index (κ1) is 10.6. The molecule has 2 saturated heterocycles. The minimum atomic E-state index is 0.305. The highest BCUT2D eigenvalue weighted by Gasteiger charge is 2.25. The molecule has 1 aromatic heterocycles. The summed E-state index contributed by atoms with van der Waals surface area (Å²) in [6, 6.07) is 0.305. The first-order chi connectivity index (χ1) is 7.93. The van der Waals surface area contributed by atoms with Crippen LogP contribution in [0.15, 0.2) is 4.52 Å². The lowest BCUT2D eigenvalue weighted by Crippen LogP contribution is -2.14. The number of rotatable bonds is 2. The lowest BCUT2D eigenvalue weighted by Gasteiger charge is -2.17. The molecule has 4 nitrogen and oxygen atoms in total. The monoisotopic (exact) mass is 239 g/mol. The third-order valence-corrected chi connectivity index (χ3v) is 4.45. The van der Waals surface area contributed by atoms with Gasteiger partial charge >= 0.3 is 0 Å². The Hall–Kier alpha value is -0.550. The van der Waals surface area contributed by atoms with Crippen molar-refractivity contribution >= 4 is 11.8 Å². The lowest BCUT2D eigenvalue weighted by molar-refractivity contribution is 0.338. The van der Waals surface area contributed by atoms with Gasteiger partial charge in [0.1, 0.15) is 0 Å². The summed E-state index contributed by atoms with van der Waals surface area (Å²) in [5, 5.41) is 7.54. The summed E-state index contributed by atoms with van der Waals surface area (Å²) in [6.07, 6.45) is 4.73. The van der Waals surface area contributed by atoms with Crippen molar-refractivity contribution < 1.29 is 4.52 Å². The highest BCUT2D eigenvalue weighted by atomic mass is 32.2. The van der Waals surface area contributed by atoms with Crippen molar-refractivity contribution in [2.24, 2.45) is 0 Å². The average Bonchev–Trinajstić information content (AvgIpc) is 3.01. The van der Waals surface area contributed by atoms with E-state index >= 15 is 0 Å². The predicted octanol–water partition coefficient (Wildman–Crippen LogP) is 2.10. The smallest absolute Gasteiger partial charge is 0.243 e. The van der Waals surface area contributed by atoms with Crippen LogP contribution in [0.3, 0.4) is 0 Å². The second kappa shape index (κ2) is 4.75. The predicted molar refractivity (Wildman–Crippen MR) is 63.6 cm³/mol. The Morgan fingerprint density at radius 2 is 2.12 bits per heavy atom. The third-order valence-electron chi connectivity index (χ3n) is 3.40. The number of nitrogens with zero attached hydrogens (tertiary/aromatic N) is 2. The second-order valence-electron chi connectivity index (χ2n) is 4.53. The third kappa shape index (κ3) is 2.11. The van der Waals surface area contributed by atoms with Gasteiger partial charge in [-0.3, -0.25) is 0 Å². The molecule has 0 aliphatic carbocycles. The van der Waals surface area contributed by atoms with Gasteiger partial charge < -0.3 is 9.84 Å². The van der Waals surface area contributed by atoms with Crippen LogP contribution in [-0.4, -0.2) is 28.2 Å². The number of nitrogens with one attached hydrogen (secondary N) is 1. The number of aromatic nitrogens is 2. The molecule has 5 heteroatoms. The number of hydrogen-bond donors (Lipinski definition) is 1. The van der Waals surface area contributed by atoms with Crippen molar-refractivity contribution in [1.29, 1.82) is 0 Å². The van der Waals surface area contributed by atoms with Crippen LogP contribution >= 0.6 is 11.8 Å². The number of thioether (sulfide) groups is 1. The van der Waals surface area contributed by atoms with Gasteiger partial charge in [0.25, 0.3) is 0 Å². The Balaban J connectivity index is 1.71. The van der Waals surface area contributed by atoms with E-state index in [1.807, 2.05) is 11.8 Å². The van der Waals surface area contributed by atoms with E-state index in [-0.39, 0.29) is 0 Å². The fourth-order valence-corrected chi connectivity index (χ4v) is 3.51. The summed E-state index contributed by atoms with van der Waals surface area (Å²) < 4.78 is 5.37. The van der Waals surface area contributed by atoms with Gasteiger partial charge in [0.15, 0.2) is 5.82 Å². The van der Waals surface area contributed by atoms with Crippen LogP contribution in [0.5, 0.6) is 0 Å². The normalized spacial score (nSPS) is 27.4. The lowest BCUT2D eigenvalue weighted by atomic mass is 10.0. The summed E-state index contributed by atoms with van der Waals surface area (Å²) in [5.74, 6) is 4.72.